The van der Waals surface area contributed by atoms with Crippen LogP contribution in [0.4, 0.5) is 13.2 Å². The second-order valence-corrected chi connectivity index (χ2v) is 5.23. The fourth-order valence-corrected chi connectivity index (χ4v) is 1.73. The summed E-state index contributed by atoms with van der Waals surface area (Å²) in [5.41, 5.74) is -3.12. The summed E-state index contributed by atoms with van der Waals surface area (Å²) in [6.07, 6.45) is -6.92. The molecule has 1 nitrogen and oxygen atoms in total. The first kappa shape index (κ1) is 9.98. The van der Waals surface area contributed by atoms with Crippen molar-refractivity contribution in [3.63, 3.8) is 0 Å². The molecule has 1 heterocycles. The fraction of sp³-hybridized carbons (Fsp3) is 0.353. The Hall–Kier alpha value is -1.84. The highest BCUT2D eigenvalue weighted by Crippen LogP contribution is 2.40. The van der Waals surface area contributed by atoms with Crippen molar-refractivity contribution in [3.8, 4) is 11.3 Å². The van der Waals surface area contributed by atoms with Crippen LogP contribution in [0.1, 0.15) is 31.8 Å². The lowest BCUT2D eigenvalue weighted by molar-refractivity contribution is -0.211. The Balaban J connectivity index is 2.75. The molecule has 21 heavy (non-hydrogen) atoms. The van der Waals surface area contributed by atoms with Gasteiger partial charge in [-0.05, 0) is 30.4 Å². The predicted molar refractivity (Wildman–Crippen MR) is 78.0 cm³/mol. The van der Waals surface area contributed by atoms with Crippen LogP contribution in [0.25, 0.3) is 11.3 Å². The normalized spacial score (nSPS) is 17.3. The van der Waals surface area contributed by atoms with E-state index in [0.717, 1.165) is 26.1 Å². The first-order valence-electron chi connectivity index (χ1n) is 8.83. The maximum Gasteiger partial charge on any atom is 0.394 e. The summed E-state index contributed by atoms with van der Waals surface area (Å²) in [5, 5.41) is 0. The number of halogens is 3. The molecule has 0 radical (unpaired) electrons. The smallest absolute Gasteiger partial charge is 0.256 e. The molecule has 0 saturated heterocycles. The average Bonchev–Trinajstić information content (AvgIpc) is 2.53. The second-order valence-electron chi connectivity index (χ2n) is 5.23. The van der Waals surface area contributed by atoms with E-state index in [1.54, 1.807) is 30.3 Å². The number of benzene rings is 1. The maximum absolute atomic E-state index is 13.5. The lowest BCUT2D eigenvalue weighted by Crippen LogP contribution is -2.34. The molecule has 0 aliphatic carbocycles. The third-order valence-electron chi connectivity index (χ3n) is 3.13. The summed E-state index contributed by atoms with van der Waals surface area (Å²) >= 11 is 0. The maximum atomic E-state index is 13.5. The largest absolute Gasteiger partial charge is 0.394 e. The van der Waals surface area contributed by atoms with Crippen LogP contribution in [0.15, 0.2) is 42.6 Å². The van der Waals surface area contributed by atoms with Gasteiger partial charge < -0.3 is 0 Å². The highest BCUT2D eigenvalue weighted by molar-refractivity contribution is 5.60. The lowest BCUT2D eigenvalue weighted by Gasteiger charge is -2.28. The van der Waals surface area contributed by atoms with E-state index in [9.17, 15) is 13.2 Å². The van der Waals surface area contributed by atoms with Crippen LogP contribution in [-0.2, 0) is 6.37 Å². The summed E-state index contributed by atoms with van der Waals surface area (Å²) < 4.78 is 79.5. The van der Waals surface area contributed by atoms with Crippen molar-refractivity contribution in [2.75, 3.05) is 0 Å². The Morgan fingerprint density at radius 3 is 2.43 bits per heavy atom. The van der Waals surface area contributed by atoms with Crippen LogP contribution >= 0.6 is 0 Å². The van der Waals surface area contributed by atoms with Gasteiger partial charge in [0.15, 0.2) is 0 Å². The quantitative estimate of drug-likeness (QED) is 0.760. The highest BCUT2D eigenvalue weighted by atomic mass is 19.4. The summed E-state index contributed by atoms with van der Waals surface area (Å²) in [7, 11) is 0. The molecule has 0 bridgehead atoms. The first-order chi connectivity index (χ1) is 11.7. The minimum atomic E-state index is -4.88. The van der Waals surface area contributed by atoms with Crippen molar-refractivity contribution in [2.24, 2.45) is 5.41 Å². The summed E-state index contributed by atoms with van der Waals surface area (Å²) in [6.45, 7) is -1.36. The van der Waals surface area contributed by atoms with Crippen molar-refractivity contribution in [2.45, 2.75) is 33.2 Å². The zero-order valence-electron chi connectivity index (χ0n) is 16.6. The molecule has 2 aromatic rings. The van der Waals surface area contributed by atoms with Gasteiger partial charge in [0, 0.05) is 18.6 Å². The molecule has 0 atom stereocenters. The van der Waals surface area contributed by atoms with E-state index >= 15 is 0 Å². The molecule has 0 amide bonds. The van der Waals surface area contributed by atoms with E-state index in [1.165, 1.54) is 0 Å². The summed E-state index contributed by atoms with van der Waals surface area (Å²) in [6, 6.07) is 9.56. The van der Waals surface area contributed by atoms with E-state index in [-0.39, 0.29) is 5.69 Å². The third-order valence-corrected chi connectivity index (χ3v) is 3.13. The van der Waals surface area contributed by atoms with Crippen molar-refractivity contribution in [1.29, 1.82) is 0 Å². The number of aromatic nitrogens is 1. The monoisotopic (exact) mass is 298 g/mol. The van der Waals surface area contributed by atoms with E-state index in [1.807, 2.05) is 0 Å². The van der Waals surface area contributed by atoms with E-state index < -0.39 is 35.9 Å². The molecule has 2 rings (SSSR count). The standard InChI is InChI=1S/C17H18F3N/c1-12-11-21-15(13-7-5-4-6-8-13)9-14(12)10-16(2,3)17(18,19)20/h4-9,11H,10H2,1-3H3/i1D3,10D2. The fourth-order valence-electron chi connectivity index (χ4n) is 1.73. The minimum absolute atomic E-state index is 0.204. The number of aryl methyl sites for hydroxylation is 1. The minimum Gasteiger partial charge on any atom is -0.256 e. The number of alkyl halides is 3. The molecular weight excluding hydrogens is 275 g/mol. The van der Waals surface area contributed by atoms with Gasteiger partial charge in [0.1, 0.15) is 0 Å². The molecule has 0 saturated carbocycles. The molecule has 0 unspecified atom stereocenters. The van der Waals surface area contributed by atoms with Crippen LogP contribution in [0.2, 0.25) is 0 Å². The van der Waals surface area contributed by atoms with Gasteiger partial charge >= 0.3 is 6.18 Å². The van der Waals surface area contributed by atoms with Gasteiger partial charge in [0.25, 0.3) is 0 Å². The van der Waals surface area contributed by atoms with Gasteiger partial charge in [-0.25, -0.2) is 0 Å². The Labute approximate surface area is 129 Å². The van der Waals surface area contributed by atoms with Crippen molar-refractivity contribution < 1.29 is 20.0 Å². The van der Waals surface area contributed by atoms with Gasteiger partial charge in [-0.2, -0.15) is 13.2 Å². The Bertz CT molecular complexity index is 783. The lowest BCUT2D eigenvalue weighted by atomic mass is 9.83. The van der Waals surface area contributed by atoms with Gasteiger partial charge in [0.2, 0.25) is 0 Å². The third kappa shape index (κ3) is 3.43. The Morgan fingerprint density at radius 2 is 1.86 bits per heavy atom. The Morgan fingerprint density at radius 1 is 1.19 bits per heavy atom. The average molecular weight is 298 g/mol. The number of hydrogen-bond donors (Lipinski definition) is 0. The number of pyridine rings is 1. The zero-order valence-corrected chi connectivity index (χ0v) is 11.6. The highest BCUT2D eigenvalue weighted by Gasteiger charge is 2.47. The van der Waals surface area contributed by atoms with E-state index in [2.05, 4.69) is 4.98 Å². The molecule has 0 aliphatic heterocycles. The molecule has 0 aliphatic rings. The predicted octanol–water partition coefficient (Wildman–Crippen LogP) is 5.19. The van der Waals surface area contributed by atoms with Gasteiger partial charge in [-0.15, -0.1) is 0 Å². The van der Waals surface area contributed by atoms with Crippen LogP contribution in [0.3, 0.4) is 0 Å². The SMILES string of the molecule is [2H]C([2H])([2H])c1cnc(-c2ccccc2)cc1C([2H])([2H])C(C)(C)C(F)(F)F. The van der Waals surface area contributed by atoms with Crippen LogP contribution < -0.4 is 0 Å². The van der Waals surface area contributed by atoms with Crippen LogP contribution in [0.5, 0.6) is 0 Å². The van der Waals surface area contributed by atoms with Crippen molar-refractivity contribution in [1.82, 2.24) is 4.98 Å². The summed E-state index contributed by atoms with van der Waals surface area (Å²) in [4.78, 5) is 4.03. The first-order valence-corrected chi connectivity index (χ1v) is 6.33. The second kappa shape index (κ2) is 5.51. The number of rotatable bonds is 3. The van der Waals surface area contributed by atoms with Gasteiger partial charge in [-0.3, -0.25) is 4.98 Å². The van der Waals surface area contributed by atoms with Gasteiger partial charge in [0.05, 0.1) is 11.1 Å². The molecule has 1 aromatic heterocycles. The Kier molecular flexibility index (Phi) is 2.62. The molecule has 0 fully saturated rings. The van der Waals surface area contributed by atoms with Crippen LogP contribution in [0, 0.1) is 12.3 Å². The van der Waals surface area contributed by atoms with E-state index in [4.69, 9.17) is 6.85 Å². The summed E-state index contributed by atoms with van der Waals surface area (Å²) in [5.74, 6) is 0. The number of nitrogens with zero attached hydrogens (tertiary/aromatic N) is 1. The topological polar surface area (TPSA) is 12.9 Å². The number of hydrogen-bond acceptors (Lipinski definition) is 1. The van der Waals surface area contributed by atoms with Gasteiger partial charge in [-0.1, -0.05) is 44.2 Å². The molecule has 112 valence electrons. The molecular formula is C17H18F3N. The molecule has 0 N–H and O–H groups in total. The molecule has 0 spiro atoms. The van der Waals surface area contributed by atoms with Crippen molar-refractivity contribution >= 4 is 0 Å². The molecule has 1 aromatic carbocycles. The van der Waals surface area contributed by atoms with Crippen LogP contribution in [-0.4, -0.2) is 11.2 Å². The zero-order chi connectivity index (χ0) is 20.0. The van der Waals surface area contributed by atoms with Crippen molar-refractivity contribution in [3.05, 3.63) is 53.7 Å². The van der Waals surface area contributed by atoms with E-state index in [0.29, 0.717) is 5.56 Å². The molecule has 4 heteroatoms.